The van der Waals surface area contributed by atoms with Crippen LogP contribution in [-0.2, 0) is 9.84 Å². The topological polar surface area (TPSA) is 98.5 Å². The van der Waals surface area contributed by atoms with E-state index in [1.807, 2.05) is 13.8 Å². The van der Waals surface area contributed by atoms with E-state index < -0.39 is 21.0 Å². The molecule has 0 aliphatic rings. The molecule has 0 aliphatic carbocycles. The minimum Gasteiger partial charge on any atom is -0.495 e. The van der Waals surface area contributed by atoms with Gasteiger partial charge in [0, 0.05) is 5.56 Å². The number of rotatable bonds is 8. The number of aryl methyl sites for hydroxylation is 1. The number of aromatic nitrogens is 1. The lowest BCUT2D eigenvalue weighted by Crippen LogP contribution is -2.20. The molecule has 3 rings (SSSR count). The van der Waals surface area contributed by atoms with Gasteiger partial charge in [0.15, 0.2) is 9.84 Å². The van der Waals surface area contributed by atoms with Gasteiger partial charge in [-0.25, -0.2) is 8.42 Å². The summed E-state index contributed by atoms with van der Waals surface area (Å²) in [5.74, 6) is 0.112. The Morgan fingerprint density at radius 2 is 1.88 bits per heavy atom. The van der Waals surface area contributed by atoms with Crippen LogP contribution < -0.4 is 10.1 Å². The lowest BCUT2D eigenvalue weighted by Gasteiger charge is -2.16. The molecule has 3 aromatic rings. The first-order valence-corrected chi connectivity index (χ1v) is 12.1. The number of nitrogens with zero attached hydrogens (tertiary/aromatic N) is 1. The smallest absolute Gasteiger partial charge is 0.261 e. The second kappa shape index (κ2) is 9.75. The molecule has 0 saturated heterocycles. The van der Waals surface area contributed by atoms with Crippen LogP contribution in [0.1, 0.15) is 42.8 Å². The zero-order chi connectivity index (χ0) is 23.5. The fourth-order valence-electron chi connectivity index (χ4n) is 3.54. The highest BCUT2D eigenvalue weighted by molar-refractivity contribution is 7.92. The third-order valence-corrected chi connectivity index (χ3v) is 8.10. The lowest BCUT2D eigenvalue weighted by atomic mass is 10.1. The molecule has 1 heterocycles. The normalized spacial score (nSPS) is 11.6. The van der Waals surface area contributed by atoms with Crippen molar-refractivity contribution in [1.29, 1.82) is 0 Å². The zero-order valence-electron chi connectivity index (χ0n) is 18.3. The molecule has 7 nitrogen and oxygen atoms in total. The number of benzene rings is 2. The maximum atomic E-state index is 13.2. The molecule has 0 saturated carbocycles. The number of hydrogen-bond donors (Lipinski definition) is 1. The summed E-state index contributed by atoms with van der Waals surface area (Å²) in [6.45, 7) is 5.29. The van der Waals surface area contributed by atoms with E-state index in [0.717, 1.165) is 0 Å². The van der Waals surface area contributed by atoms with Gasteiger partial charge in [0.05, 0.1) is 28.0 Å². The van der Waals surface area contributed by atoms with Crippen molar-refractivity contribution in [2.45, 2.75) is 43.8 Å². The molecule has 0 bridgehead atoms. The molecule has 32 heavy (non-hydrogen) atoms. The molecule has 9 heteroatoms. The molecule has 0 spiro atoms. The SMILES string of the molecule is CCC(CC)S(=O)(=O)c1ccc(OC)c(NC(=O)c2c(-c3ccccc3Cl)noc2C)c1. The summed E-state index contributed by atoms with van der Waals surface area (Å²) in [4.78, 5) is 13.3. The van der Waals surface area contributed by atoms with Crippen LogP contribution in [-0.4, -0.2) is 31.8 Å². The van der Waals surface area contributed by atoms with E-state index in [4.69, 9.17) is 20.9 Å². The number of carbonyl (C=O) groups is 1. The van der Waals surface area contributed by atoms with Crippen LogP contribution in [0.15, 0.2) is 51.9 Å². The third-order valence-electron chi connectivity index (χ3n) is 5.32. The summed E-state index contributed by atoms with van der Waals surface area (Å²) >= 11 is 6.28. The van der Waals surface area contributed by atoms with Gasteiger partial charge in [-0.1, -0.05) is 48.8 Å². The molecule has 2 aromatic carbocycles. The molecule has 1 aromatic heterocycles. The number of nitrogens with one attached hydrogen (secondary N) is 1. The molecular weight excluding hydrogens is 452 g/mol. The van der Waals surface area contributed by atoms with E-state index in [2.05, 4.69) is 10.5 Å². The molecule has 0 radical (unpaired) electrons. The van der Waals surface area contributed by atoms with Crippen LogP contribution in [0.3, 0.4) is 0 Å². The highest BCUT2D eigenvalue weighted by atomic mass is 35.5. The Hall–Kier alpha value is -2.84. The number of sulfone groups is 1. The number of halogens is 1. The van der Waals surface area contributed by atoms with Crippen molar-refractivity contribution >= 4 is 33.0 Å². The van der Waals surface area contributed by atoms with Gasteiger partial charge in [-0.05, 0) is 44.0 Å². The molecule has 0 unspecified atom stereocenters. The monoisotopic (exact) mass is 476 g/mol. The second-order valence-corrected chi connectivity index (χ2v) is 9.88. The predicted octanol–water partition coefficient (Wildman–Crippen LogP) is 5.53. The van der Waals surface area contributed by atoms with Gasteiger partial charge in [0.25, 0.3) is 5.91 Å². The van der Waals surface area contributed by atoms with Crippen molar-refractivity contribution in [1.82, 2.24) is 5.16 Å². The summed E-state index contributed by atoms with van der Waals surface area (Å²) in [6.07, 6.45) is 0.987. The van der Waals surface area contributed by atoms with Crippen molar-refractivity contribution in [3.8, 4) is 17.0 Å². The molecule has 0 aliphatic heterocycles. The highest BCUT2D eigenvalue weighted by Gasteiger charge is 2.27. The van der Waals surface area contributed by atoms with Gasteiger partial charge < -0.3 is 14.6 Å². The van der Waals surface area contributed by atoms with Gasteiger partial charge in [0.2, 0.25) is 0 Å². The Bertz CT molecular complexity index is 1230. The molecule has 0 fully saturated rings. The number of hydrogen-bond acceptors (Lipinski definition) is 6. The van der Waals surface area contributed by atoms with Crippen molar-refractivity contribution in [2.24, 2.45) is 0 Å². The van der Waals surface area contributed by atoms with Crippen LogP contribution >= 0.6 is 11.6 Å². The van der Waals surface area contributed by atoms with Gasteiger partial charge in [-0.15, -0.1) is 0 Å². The quantitative estimate of drug-likeness (QED) is 0.459. The molecule has 1 N–H and O–H groups in total. The van der Waals surface area contributed by atoms with Crippen molar-refractivity contribution in [3.05, 3.63) is 58.8 Å². The number of ether oxygens (including phenoxy) is 1. The van der Waals surface area contributed by atoms with Crippen LogP contribution in [0.25, 0.3) is 11.3 Å². The van der Waals surface area contributed by atoms with Crippen molar-refractivity contribution in [2.75, 3.05) is 12.4 Å². The van der Waals surface area contributed by atoms with Gasteiger partial charge in [-0.2, -0.15) is 0 Å². The van der Waals surface area contributed by atoms with E-state index in [9.17, 15) is 13.2 Å². The van der Waals surface area contributed by atoms with E-state index >= 15 is 0 Å². The summed E-state index contributed by atoms with van der Waals surface area (Å²) in [6, 6.07) is 11.4. The largest absolute Gasteiger partial charge is 0.495 e. The fourth-order valence-corrected chi connectivity index (χ4v) is 5.57. The summed E-state index contributed by atoms with van der Waals surface area (Å²) < 4.78 is 36.6. The highest BCUT2D eigenvalue weighted by Crippen LogP contribution is 2.34. The fraction of sp³-hybridized carbons (Fsp3) is 0.304. The summed E-state index contributed by atoms with van der Waals surface area (Å²) in [7, 11) is -2.11. The van der Waals surface area contributed by atoms with Crippen LogP contribution in [0, 0.1) is 6.92 Å². The van der Waals surface area contributed by atoms with E-state index in [1.54, 1.807) is 31.2 Å². The van der Waals surface area contributed by atoms with E-state index in [0.29, 0.717) is 40.6 Å². The lowest BCUT2D eigenvalue weighted by molar-refractivity contribution is 0.102. The Balaban J connectivity index is 2.02. The summed E-state index contributed by atoms with van der Waals surface area (Å²) in [5, 5.41) is 6.67. The third kappa shape index (κ3) is 4.52. The van der Waals surface area contributed by atoms with Crippen LogP contribution in [0.2, 0.25) is 5.02 Å². The minimum atomic E-state index is -3.56. The van der Waals surface area contributed by atoms with Gasteiger partial charge in [0.1, 0.15) is 22.8 Å². The average molecular weight is 477 g/mol. The Morgan fingerprint density at radius 1 is 1.19 bits per heavy atom. The summed E-state index contributed by atoms with van der Waals surface area (Å²) in [5.41, 5.74) is 1.28. The zero-order valence-corrected chi connectivity index (χ0v) is 19.9. The minimum absolute atomic E-state index is 0.121. The Labute approximate surface area is 192 Å². The first-order chi connectivity index (χ1) is 15.2. The first-order valence-electron chi connectivity index (χ1n) is 10.2. The van der Waals surface area contributed by atoms with E-state index in [1.165, 1.54) is 25.3 Å². The number of anilines is 1. The molecular formula is C23H25ClN2O5S. The van der Waals surface area contributed by atoms with Crippen molar-refractivity contribution < 1.29 is 22.5 Å². The number of amides is 1. The molecule has 170 valence electrons. The maximum Gasteiger partial charge on any atom is 0.261 e. The Kier molecular flexibility index (Phi) is 7.26. The second-order valence-electron chi connectivity index (χ2n) is 7.24. The van der Waals surface area contributed by atoms with Gasteiger partial charge >= 0.3 is 0 Å². The van der Waals surface area contributed by atoms with Crippen molar-refractivity contribution in [3.63, 3.8) is 0 Å². The average Bonchev–Trinajstić information content (AvgIpc) is 3.16. The van der Waals surface area contributed by atoms with Crippen LogP contribution in [0.5, 0.6) is 5.75 Å². The standard InChI is InChI=1S/C23H25ClN2O5S/c1-5-15(6-2)32(28,29)16-11-12-20(30-4)19(13-16)25-23(27)21-14(3)31-26-22(21)17-9-7-8-10-18(17)24/h7-13,15H,5-6H2,1-4H3,(H,25,27). The maximum absolute atomic E-state index is 13.2. The molecule has 0 atom stereocenters. The van der Waals surface area contributed by atoms with Gasteiger partial charge in [-0.3, -0.25) is 4.79 Å². The number of methoxy groups -OCH3 is 1. The molecule has 1 amide bonds. The predicted molar refractivity (Wildman–Crippen MR) is 124 cm³/mol. The van der Waals surface area contributed by atoms with E-state index in [-0.39, 0.29) is 16.1 Å². The number of carbonyl (C=O) groups excluding carboxylic acids is 1. The van der Waals surface area contributed by atoms with Crippen LogP contribution in [0.4, 0.5) is 5.69 Å². The Morgan fingerprint density at radius 3 is 2.50 bits per heavy atom. The first kappa shape index (κ1) is 23.8.